The van der Waals surface area contributed by atoms with Crippen molar-refractivity contribution in [3.63, 3.8) is 0 Å². The maximum absolute atomic E-state index is 13.0. The Labute approximate surface area is 64.5 Å². The van der Waals surface area contributed by atoms with Crippen molar-refractivity contribution in [3.8, 4) is 0 Å². The minimum Gasteiger partial charge on any atom is -0.463 e. The van der Waals surface area contributed by atoms with Crippen LogP contribution in [0.4, 0.5) is 4.39 Å². The first-order chi connectivity index (χ1) is 4.95. The Balaban J connectivity index is 4.36. The van der Waals surface area contributed by atoms with E-state index in [-0.39, 0.29) is 6.42 Å². The Morgan fingerprint density at radius 2 is 2.00 bits per heavy atom. The standard InChI is InChI=1S/C7H11FO3/c1-4-7(2,8)5(9)6(10)11-3/h4H2,1-3H3. The molecule has 64 valence electrons. The van der Waals surface area contributed by atoms with Crippen LogP contribution in [0.3, 0.4) is 0 Å². The fourth-order valence-corrected chi connectivity index (χ4v) is 0.466. The number of carbonyl (C=O) groups is 2. The molecule has 0 N–H and O–H groups in total. The Bertz CT molecular complexity index is 175. The number of methoxy groups -OCH3 is 1. The molecule has 0 rings (SSSR count). The molecule has 0 aliphatic rings. The van der Waals surface area contributed by atoms with Crippen LogP contribution in [0, 0.1) is 0 Å². The molecule has 0 heterocycles. The van der Waals surface area contributed by atoms with Crippen LogP contribution in [0.1, 0.15) is 20.3 Å². The molecule has 0 spiro atoms. The van der Waals surface area contributed by atoms with Crippen molar-refractivity contribution >= 4 is 11.8 Å². The van der Waals surface area contributed by atoms with E-state index < -0.39 is 17.4 Å². The van der Waals surface area contributed by atoms with Crippen molar-refractivity contribution in [1.29, 1.82) is 0 Å². The van der Waals surface area contributed by atoms with Gasteiger partial charge in [0.05, 0.1) is 7.11 Å². The zero-order valence-electron chi connectivity index (χ0n) is 6.81. The number of alkyl halides is 1. The lowest BCUT2D eigenvalue weighted by atomic mass is 10.0. The largest absolute Gasteiger partial charge is 0.463 e. The van der Waals surface area contributed by atoms with Gasteiger partial charge in [-0.05, 0) is 13.3 Å². The molecule has 0 aliphatic carbocycles. The van der Waals surface area contributed by atoms with Gasteiger partial charge in [0.1, 0.15) is 0 Å². The third-order valence-electron chi connectivity index (χ3n) is 1.51. The van der Waals surface area contributed by atoms with Crippen molar-refractivity contribution in [2.45, 2.75) is 25.9 Å². The molecule has 4 heteroatoms. The first-order valence-corrected chi connectivity index (χ1v) is 3.27. The van der Waals surface area contributed by atoms with Gasteiger partial charge in [0, 0.05) is 0 Å². The van der Waals surface area contributed by atoms with E-state index in [4.69, 9.17) is 0 Å². The predicted octanol–water partition coefficient (Wildman–Crippen LogP) is 0.867. The van der Waals surface area contributed by atoms with Crippen LogP contribution in [0.5, 0.6) is 0 Å². The van der Waals surface area contributed by atoms with E-state index in [0.717, 1.165) is 14.0 Å². The molecule has 0 aromatic carbocycles. The summed E-state index contributed by atoms with van der Waals surface area (Å²) in [6.45, 7) is 2.55. The van der Waals surface area contributed by atoms with E-state index in [1.807, 2.05) is 0 Å². The monoisotopic (exact) mass is 162 g/mol. The molecule has 1 unspecified atom stereocenters. The number of rotatable bonds is 3. The van der Waals surface area contributed by atoms with E-state index in [0.29, 0.717) is 0 Å². The summed E-state index contributed by atoms with van der Waals surface area (Å²) in [6, 6.07) is 0. The first kappa shape index (κ1) is 10.1. The number of ketones is 1. The maximum Gasteiger partial charge on any atom is 0.377 e. The summed E-state index contributed by atoms with van der Waals surface area (Å²) in [6.07, 6.45) is -0.0269. The van der Waals surface area contributed by atoms with Gasteiger partial charge in [-0.25, -0.2) is 9.18 Å². The van der Waals surface area contributed by atoms with E-state index in [9.17, 15) is 14.0 Å². The Kier molecular flexibility index (Phi) is 3.17. The fraction of sp³-hybridized carbons (Fsp3) is 0.714. The third kappa shape index (κ3) is 2.29. The molecule has 0 fully saturated rings. The minimum atomic E-state index is -2.09. The predicted molar refractivity (Wildman–Crippen MR) is 36.8 cm³/mol. The highest BCUT2D eigenvalue weighted by Gasteiger charge is 2.36. The van der Waals surface area contributed by atoms with Crippen molar-refractivity contribution in [2.24, 2.45) is 0 Å². The number of hydrogen-bond acceptors (Lipinski definition) is 3. The summed E-state index contributed by atoms with van der Waals surface area (Å²) in [5, 5.41) is 0. The quantitative estimate of drug-likeness (QED) is 0.456. The smallest absolute Gasteiger partial charge is 0.377 e. The van der Waals surface area contributed by atoms with Crippen LogP contribution in [0.15, 0.2) is 0 Å². The Hall–Kier alpha value is -0.930. The van der Waals surface area contributed by atoms with Gasteiger partial charge < -0.3 is 4.74 Å². The van der Waals surface area contributed by atoms with Crippen LogP contribution in [-0.2, 0) is 14.3 Å². The normalized spacial score (nSPS) is 15.3. The molecule has 0 saturated carbocycles. The van der Waals surface area contributed by atoms with Gasteiger partial charge >= 0.3 is 5.97 Å². The van der Waals surface area contributed by atoms with Gasteiger partial charge in [-0.15, -0.1) is 0 Å². The van der Waals surface area contributed by atoms with E-state index in [2.05, 4.69) is 4.74 Å². The first-order valence-electron chi connectivity index (χ1n) is 3.27. The molecular weight excluding hydrogens is 151 g/mol. The number of halogens is 1. The van der Waals surface area contributed by atoms with Gasteiger partial charge in [0.2, 0.25) is 0 Å². The second-order valence-electron chi connectivity index (χ2n) is 2.37. The molecule has 3 nitrogen and oxygen atoms in total. The van der Waals surface area contributed by atoms with E-state index in [1.54, 1.807) is 0 Å². The van der Waals surface area contributed by atoms with Crippen molar-refractivity contribution in [3.05, 3.63) is 0 Å². The summed E-state index contributed by atoms with van der Waals surface area (Å²) in [5.74, 6) is -2.25. The zero-order chi connectivity index (χ0) is 9.07. The van der Waals surface area contributed by atoms with Gasteiger partial charge in [0.25, 0.3) is 5.78 Å². The van der Waals surface area contributed by atoms with Crippen molar-refractivity contribution in [1.82, 2.24) is 0 Å². The number of hydrogen-bond donors (Lipinski definition) is 0. The summed E-state index contributed by atoms with van der Waals surface area (Å²) < 4.78 is 17.1. The van der Waals surface area contributed by atoms with Crippen molar-refractivity contribution in [2.75, 3.05) is 7.11 Å². The Morgan fingerprint density at radius 3 is 2.27 bits per heavy atom. The van der Waals surface area contributed by atoms with Gasteiger partial charge in [-0.1, -0.05) is 6.92 Å². The molecule has 0 bridgehead atoms. The van der Waals surface area contributed by atoms with E-state index in [1.165, 1.54) is 6.92 Å². The molecule has 0 amide bonds. The number of Topliss-reactive ketones (excluding diaryl/α,β-unsaturated/α-hetero) is 1. The number of esters is 1. The van der Waals surface area contributed by atoms with Crippen LogP contribution < -0.4 is 0 Å². The maximum atomic E-state index is 13.0. The summed E-state index contributed by atoms with van der Waals surface area (Å²) >= 11 is 0. The van der Waals surface area contributed by atoms with Gasteiger partial charge in [0.15, 0.2) is 5.67 Å². The average molecular weight is 162 g/mol. The third-order valence-corrected chi connectivity index (χ3v) is 1.51. The highest BCUT2D eigenvalue weighted by molar-refractivity contribution is 6.36. The molecule has 0 saturated heterocycles. The highest BCUT2D eigenvalue weighted by atomic mass is 19.1. The molecule has 11 heavy (non-hydrogen) atoms. The lowest BCUT2D eigenvalue weighted by molar-refractivity contribution is -0.157. The lowest BCUT2D eigenvalue weighted by Crippen LogP contribution is -2.36. The topological polar surface area (TPSA) is 43.4 Å². The van der Waals surface area contributed by atoms with Crippen LogP contribution >= 0.6 is 0 Å². The SMILES string of the molecule is CCC(C)(F)C(=O)C(=O)OC. The highest BCUT2D eigenvalue weighted by Crippen LogP contribution is 2.16. The summed E-state index contributed by atoms with van der Waals surface area (Å²) in [7, 11) is 1.05. The number of carbonyl (C=O) groups excluding carboxylic acids is 2. The van der Waals surface area contributed by atoms with Gasteiger partial charge in [-0.3, -0.25) is 4.79 Å². The second-order valence-corrected chi connectivity index (χ2v) is 2.37. The van der Waals surface area contributed by atoms with Crippen molar-refractivity contribution < 1.29 is 18.7 Å². The lowest BCUT2D eigenvalue weighted by Gasteiger charge is -2.13. The fourth-order valence-electron chi connectivity index (χ4n) is 0.466. The Morgan fingerprint density at radius 1 is 1.55 bits per heavy atom. The summed E-state index contributed by atoms with van der Waals surface area (Å²) in [5.41, 5.74) is -2.09. The number of ether oxygens (including phenoxy) is 1. The van der Waals surface area contributed by atoms with Crippen LogP contribution in [0.2, 0.25) is 0 Å². The zero-order valence-corrected chi connectivity index (χ0v) is 6.81. The van der Waals surface area contributed by atoms with Crippen LogP contribution in [-0.4, -0.2) is 24.5 Å². The molecule has 1 atom stereocenters. The molecule has 0 radical (unpaired) electrons. The molecular formula is C7H11FO3. The molecule has 0 aromatic rings. The molecule has 0 aromatic heterocycles. The minimum absolute atomic E-state index is 0.0269. The second kappa shape index (κ2) is 3.46. The molecule has 0 aliphatic heterocycles. The van der Waals surface area contributed by atoms with Crippen LogP contribution in [0.25, 0.3) is 0 Å². The average Bonchev–Trinajstić information content (AvgIpc) is 2.01. The van der Waals surface area contributed by atoms with E-state index >= 15 is 0 Å². The summed E-state index contributed by atoms with van der Waals surface area (Å²) in [4.78, 5) is 21.3. The van der Waals surface area contributed by atoms with Gasteiger partial charge in [-0.2, -0.15) is 0 Å².